The largest absolute Gasteiger partial charge is 0.466 e. The Labute approximate surface area is 113 Å². The summed E-state index contributed by atoms with van der Waals surface area (Å²) in [6.07, 6.45) is 3.60. The van der Waals surface area contributed by atoms with Gasteiger partial charge in [0, 0.05) is 6.42 Å². The molecule has 1 rings (SSSR count). The van der Waals surface area contributed by atoms with Gasteiger partial charge in [0.1, 0.15) is 6.34 Å². The van der Waals surface area contributed by atoms with E-state index >= 15 is 0 Å². The van der Waals surface area contributed by atoms with E-state index in [1.807, 2.05) is 31.2 Å². The van der Waals surface area contributed by atoms with Gasteiger partial charge in [-0.25, -0.2) is 4.99 Å². The molecule has 5 heteroatoms. The van der Waals surface area contributed by atoms with Gasteiger partial charge in [-0.15, -0.1) is 0 Å². The van der Waals surface area contributed by atoms with Gasteiger partial charge in [-0.2, -0.15) is 0 Å². The molecule has 5 nitrogen and oxygen atoms in total. The molecule has 0 unspecified atom stereocenters. The lowest BCUT2D eigenvalue weighted by atomic mass is 10.1. The van der Waals surface area contributed by atoms with Crippen LogP contribution in [0.5, 0.6) is 0 Å². The highest BCUT2D eigenvalue weighted by molar-refractivity contribution is 5.69. The smallest absolute Gasteiger partial charge is 0.305 e. The van der Waals surface area contributed by atoms with Gasteiger partial charge >= 0.3 is 5.97 Å². The van der Waals surface area contributed by atoms with Crippen molar-refractivity contribution in [1.82, 2.24) is 5.48 Å². The first kappa shape index (κ1) is 15.2. The van der Waals surface area contributed by atoms with Crippen LogP contribution < -0.4 is 5.48 Å². The van der Waals surface area contributed by atoms with Gasteiger partial charge in [0.2, 0.25) is 0 Å². The second kappa shape index (κ2) is 9.10. The van der Waals surface area contributed by atoms with Gasteiger partial charge < -0.3 is 4.74 Å². The lowest BCUT2D eigenvalue weighted by Gasteiger charge is -2.03. The Morgan fingerprint density at radius 3 is 2.74 bits per heavy atom. The monoisotopic (exact) mass is 264 g/mol. The molecule has 19 heavy (non-hydrogen) atoms. The predicted molar refractivity (Wildman–Crippen MR) is 74.3 cm³/mol. The van der Waals surface area contributed by atoms with Crippen LogP contribution >= 0.6 is 0 Å². The lowest BCUT2D eigenvalue weighted by molar-refractivity contribution is -0.143. The average molecular weight is 264 g/mol. The van der Waals surface area contributed by atoms with Crippen LogP contribution in [-0.2, 0) is 20.8 Å². The Bertz CT molecular complexity index is 402. The van der Waals surface area contributed by atoms with Gasteiger partial charge in [-0.1, -0.05) is 12.1 Å². The number of nitrogens with zero attached hydrogens (tertiary/aromatic N) is 1. The van der Waals surface area contributed by atoms with Crippen LogP contribution in [0.25, 0.3) is 0 Å². The SMILES string of the molecule is CCOC(=O)CCCc1ccc(N=CNOC)cc1. The molecule has 0 aromatic heterocycles. The molecule has 0 aliphatic heterocycles. The molecule has 0 heterocycles. The molecule has 0 saturated heterocycles. The lowest BCUT2D eigenvalue weighted by Crippen LogP contribution is -2.07. The Morgan fingerprint density at radius 1 is 1.37 bits per heavy atom. The second-order valence-corrected chi connectivity index (χ2v) is 3.91. The highest BCUT2D eigenvalue weighted by atomic mass is 16.6. The molecule has 0 atom stereocenters. The summed E-state index contributed by atoms with van der Waals surface area (Å²) in [6.45, 7) is 2.26. The highest BCUT2D eigenvalue weighted by Gasteiger charge is 2.01. The average Bonchev–Trinajstić information content (AvgIpc) is 2.41. The molecule has 104 valence electrons. The van der Waals surface area contributed by atoms with Gasteiger partial charge in [-0.3, -0.25) is 15.1 Å². The minimum atomic E-state index is -0.130. The van der Waals surface area contributed by atoms with E-state index in [-0.39, 0.29) is 5.97 Å². The minimum Gasteiger partial charge on any atom is -0.466 e. The third kappa shape index (κ3) is 6.57. The van der Waals surface area contributed by atoms with Crippen LogP contribution in [0, 0.1) is 0 Å². The first-order valence-corrected chi connectivity index (χ1v) is 6.32. The molecule has 0 aliphatic carbocycles. The Balaban J connectivity index is 2.34. The van der Waals surface area contributed by atoms with Gasteiger partial charge in [-0.05, 0) is 37.5 Å². The van der Waals surface area contributed by atoms with Crippen molar-refractivity contribution in [3.63, 3.8) is 0 Å². The molecule has 1 aromatic carbocycles. The van der Waals surface area contributed by atoms with E-state index < -0.39 is 0 Å². The fraction of sp³-hybridized carbons (Fsp3) is 0.429. The van der Waals surface area contributed by atoms with E-state index in [4.69, 9.17) is 4.74 Å². The van der Waals surface area contributed by atoms with Crippen molar-refractivity contribution in [1.29, 1.82) is 0 Å². The van der Waals surface area contributed by atoms with E-state index in [1.165, 1.54) is 19.0 Å². The van der Waals surface area contributed by atoms with Crippen molar-refractivity contribution >= 4 is 18.0 Å². The second-order valence-electron chi connectivity index (χ2n) is 3.91. The maximum atomic E-state index is 11.2. The van der Waals surface area contributed by atoms with Crippen LogP contribution in [0.15, 0.2) is 29.3 Å². The fourth-order valence-corrected chi connectivity index (χ4v) is 1.57. The van der Waals surface area contributed by atoms with Crippen LogP contribution in [0.1, 0.15) is 25.3 Å². The van der Waals surface area contributed by atoms with Crippen LogP contribution in [0.2, 0.25) is 0 Å². The summed E-state index contributed by atoms with van der Waals surface area (Å²) < 4.78 is 4.88. The van der Waals surface area contributed by atoms with Crippen molar-refractivity contribution in [2.75, 3.05) is 13.7 Å². The molecule has 0 radical (unpaired) electrons. The maximum Gasteiger partial charge on any atom is 0.305 e. The predicted octanol–water partition coefficient (Wildman–Crippen LogP) is 2.38. The first-order valence-electron chi connectivity index (χ1n) is 6.32. The van der Waals surface area contributed by atoms with Crippen molar-refractivity contribution in [3.8, 4) is 0 Å². The van der Waals surface area contributed by atoms with Crippen molar-refractivity contribution in [2.45, 2.75) is 26.2 Å². The molecule has 0 fully saturated rings. The summed E-state index contributed by atoms with van der Waals surface area (Å²) in [5, 5.41) is 0. The van der Waals surface area contributed by atoms with Crippen LogP contribution in [0.3, 0.4) is 0 Å². The van der Waals surface area contributed by atoms with Crippen molar-refractivity contribution in [2.24, 2.45) is 4.99 Å². The van der Waals surface area contributed by atoms with Crippen LogP contribution in [0.4, 0.5) is 5.69 Å². The molecular formula is C14H20N2O3. The zero-order valence-electron chi connectivity index (χ0n) is 11.4. The summed E-state index contributed by atoms with van der Waals surface area (Å²) in [5.74, 6) is -0.130. The summed E-state index contributed by atoms with van der Waals surface area (Å²) >= 11 is 0. The van der Waals surface area contributed by atoms with Crippen molar-refractivity contribution in [3.05, 3.63) is 29.8 Å². The third-order valence-corrected chi connectivity index (χ3v) is 2.47. The molecule has 0 amide bonds. The summed E-state index contributed by atoms with van der Waals surface area (Å²) in [4.78, 5) is 19.9. The normalized spacial score (nSPS) is 10.6. The maximum absolute atomic E-state index is 11.2. The Kier molecular flexibility index (Phi) is 7.27. The number of aliphatic imine (C=N–C) groups is 1. The number of hydroxylamine groups is 1. The standard InChI is InChI=1S/C14H20N2O3/c1-3-19-14(17)6-4-5-12-7-9-13(10-8-12)15-11-16-18-2/h7-11H,3-6H2,1-2H3,(H,15,16). The third-order valence-electron chi connectivity index (χ3n) is 2.47. The number of aryl methyl sites for hydroxylation is 1. The van der Waals surface area contributed by atoms with E-state index in [1.54, 1.807) is 0 Å². The first-order chi connectivity index (χ1) is 9.26. The molecule has 0 saturated carbocycles. The number of ether oxygens (including phenoxy) is 1. The molecular weight excluding hydrogens is 244 g/mol. The fourth-order valence-electron chi connectivity index (χ4n) is 1.57. The number of hydrogen-bond donors (Lipinski definition) is 1. The minimum absolute atomic E-state index is 0.130. The summed E-state index contributed by atoms with van der Waals surface area (Å²) in [5.41, 5.74) is 4.56. The highest BCUT2D eigenvalue weighted by Crippen LogP contribution is 2.14. The Hall–Kier alpha value is -1.88. The van der Waals surface area contributed by atoms with E-state index in [2.05, 4.69) is 15.3 Å². The van der Waals surface area contributed by atoms with Crippen LogP contribution in [-0.4, -0.2) is 26.0 Å². The number of carbonyl (C=O) groups excluding carboxylic acids is 1. The van der Waals surface area contributed by atoms with E-state index in [0.29, 0.717) is 13.0 Å². The molecule has 0 spiro atoms. The molecule has 0 aliphatic rings. The van der Waals surface area contributed by atoms with Gasteiger partial charge in [0.15, 0.2) is 0 Å². The zero-order chi connectivity index (χ0) is 13.9. The number of carbonyl (C=O) groups is 1. The Morgan fingerprint density at radius 2 is 2.11 bits per heavy atom. The van der Waals surface area contributed by atoms with Crippen molar-refractivity contribution < 1.29 is 14.4 Å². The number of benzene rings is 1. The number of nitrogens with one attached hydrogen (secondary N) is 1. The topological polar surface area (TPSA) is 59.9 Å². The quantitative estimate of drug-likeness (QED) is 0.339. The number of rotatable bonds is 8. The molecule has 1 aromatic rings. The zero-order valence-corrected chi connectivity index (χ0v) is 11.4. The van der Waals surface area contributed by atoms with Gasteiger partial charge in [0.05, 0.1) is 19.4 Å². The van der Waals surface area contributed by atoms with Gasteiger partial charge in [0.25, 0.3) is 0 Å². The number of hydrogen-bond acceptors (Lipinski definition) is 4. The molecule has 0 bridgehead atoms. The van der Waals surface area contributed by atoms with E-state index in [9.17, 15) is 4.79 Å². The number of esters is 1. The van der Waals surface area contributed by atoms with E-state index in [0.717, 1.165) is 18.5 Å². The summed E-state index contributed by atoms with van der Waals surface area (Å²) in [6, 6.07) is 7.86. The summed E-state index contributed by atoms with van der Waals surface area (Å²) in [7, 11) is 1.53. The molecule has 1 N–H and O–H groups in total.